The summed E-state index contributed by atoms with van der Waals surface area (Å²) in [5.74, 6) is 0. The van der Waals surface area contributed by atoms with Gasteiger partial charge in [-0.05, 0) is 29.7 Å². The number of hydrogen-bond donors (Lipinski definition) is 1. The van der Waals surface area contributed by atoms with Crippen molar-refractivity contribution in [1.82, 2.24) is 10.2 Å². The second kappa shape index (κ2) is 8.06. The van der Waals surface area contributed by atoms with E-state index < -0.39 is 0 Å². The van der Waals surface area contributed by atoms with Gasteiger partial charge >= 0.3 is 6.03 Å². The lowest BCUT2D eigenvalue weighted by Gasteiger charge is -2.19. The largest absolute Gasteiger partial charge is 0.338 e. The van der Waals surface area contributed by atoms with E-state index >= 15 is 0 Å². The number of carbonyl (C=O) groups excluding carboxylic acids is 1. The molecule has 0 fully saturated rings. The van der Waals surface area contributed by atoms with E-state index in [4.69, 9.17) is 23.2 Å². The summed E-state index contributed by atoms with van der Waals surface area (Å²) in [4.78, 5) is 13.7. The van der Waals surface area contributed by atoms with E-state index in [1.54, 1.807) is 24.1 Å². The van der Waals surface area contributed by atoms with E-state index in [1.807, 2.05) is 36.4 Å². The first kappa shape index (κ1) is 16.7. The Balaban J connectivity index is 1.82. The van der Waals surface area contributed by atoms with Crippen LogP contribution in [0.4, 0.5) is 4.79 Å². The summed E-state index contributed by atoms with van der Waals surface area (Å²) in [7, 11) is 1.74. The van der Waals surface area contributed by atoms with E-state index in [9.17, 15) is 4.79 Å². The zero-order chi connectivity index (χ0) is 15.9. The van der Waals surface area contributed by atoms with Crippen molar-refractivity contribution in [2.45, 2.75) is 13.0 Å². The highest BCUT2D eigenvalue weighted by Crippen LogP contribution is 2.21. The standard InChI is InChI=1S/C17H18Cl2N2O/c1-21(12-14-7-8-15(18)11-16(14)19)17(22)20-10-9-13-5-3-2-4-6-13/h2-8,11H,9-10,12H2,1H3,(H,20,22). The molecule has 116 valence electrons. The van der Waals surface area contributed by atoms with Gasteiger partial charge in [0.25, 0.3) is 0 Å². The number of amides is 2. The molecular formula is C17H18Cl2N2O. The Morgan fingerprint density at radius 1 is 1.14 bits per heavy atom. The Morgan fingerprint density at radius 3 is 2.55 bits per heavy atom. The number of rotatable bonds is 5. The zero-order valence-corrected chi connectivity index (χ0v) is 13.9. The van der Waals surface area contributed by atoms with Crippen molar-refractivity contribution in [3.63, 3.8) is 0 Å². The second-order valence-electron chi connectivity index (χ2n) is 5.06. The van der Waals surface area contributed by atoms with E-state index in [0.717, 1.165) is 12.0 Å². The molecule has 0 saturated heterocycles. The lowest BCUT2D eigenvalue weighted by Crippen LogP contribution is -2.37. The van der Waals surface area contributed by atoms with Crippen molar-refractivity contribution in [2.24, 2.45) is 0 Å². The molecular weight excluding hydrogens is 319 g/mol. The SMILES string of the molecule is CN(Cc1ccc(Cl)cc1Cl)C(=O)NCCc1ccccc1. The summed E-state index contributed by atoms with van der Waals surface area (Å²) in [6, 6.07) is 15.2. The number of nitrogens with one attached hydrogen (secondary N) is 1. The van der Waals surface area contributed by atoms with Crippen LogP contribution in [0.25, 0.3) is 0 Å². The van der Waals surface area contributed by atoms with Crippen LogP contribution in [0.15, 0.2) is 48.5 Å². The first-order valence-electron chi connectivity index (χ1n) is 7.03. The molecule has 2 rings (SSSR count). The van der Waals surface area contributed by atoms with Crippen LogP contribution < -0.4 is 5.32 Å². The van der Waals surface area contributed by atoms with Crippen molar-refractivity contribution >= 4 is 29.2 Å². The molecule has 0 aliphatic rings. The summed E-state index contributed by atoms with van der Waals surface area (Å²) in [5.41, 5.74) is 2.07. The Labute approximate surface area is 140 Å². The molecule has 0 spiro atoms. The lowest BCUT2D eigenvalue weighted by molar-refractivity contribution is 0.207. The molecule has 0 heterocycles. The molecule has 0 radical (unpaired) electrons. The predicted octanol–water partition coefficient (Wildman–Crippen LogP) is 4.38. The fourth-order valence-corrected chi connectivity index (χ4v) is 2.54. The van der Waals surface area contributed by atoms with Gasteiger partial charge in [-0.25, -0.2) is 4.79 Å². The van der Waals surface area contributed by atoms with Crippen LogP contribution in [0.5, 0.6) is 0 Å². The molecule has 0 bridgehead atoms. The van der Waals surface area contributed by atoms with E-state index in [1.165, 1.54) is 5.56 Å². The number of nitrogens with zero attached hydrogens (tertiary/aromatic N) is 1. The second-order valence-corrected chi connectivity index (χ2v) is 5.90. The molecule has 2 aromatic rings. The van der Waals surface area contributed by atoms with E-state index in [0.29, 0.717) is 23.1 Å². The van der Waals surface area contributed by atoms with Crippen LogP contribution >= 0.6 is 23.2 Å². The first-order chi connectivity index (χ1) is 10.6. The molecule has 0 atom stereocenters. The summed E-state index contributed by atoms with van der Waals surface area (Å²) in [6.45, 7) is 1.04. The van der Waals surface area contributed by atoms with Crippen LogP contribution in [-0.2, 0) is 13.0 Å². The fourth-order valence-electron chi connectivity index (χ4n) is 2.07. The average molecular weight is 337 g/mol. The predicted molar refractivity (Wildman–Crippen MR) is 91.5 cm³/mol. The summed E-state index contributed by atoms with van der Waals surface area (Å²) < 4.78 is 0. The minimum atomic E-state index is -0.123. The van der Waals surface area contributed by atoms with Gasteiger partial charge in [0.1, 0.15) is 0 Å². The third-order valence-electron chi connectivity index (χ3n) is 3.30. The van der Waals surface area contributed by atoms with Gasteiger partial charge in [-0.3, -0.25) is 0 Å². The molecule has 3 nitrogen and oxygen atoms in total. The molecule has 0 aliphatic heterocycles. The van der Waals surface area contributed by atoms with Crippen LogP contribution in [0.1, 0.15) is 11.1 Å². The Morgan fingerprint density at radius 2 is 1.86 bits per heavy atom. The highest BCUT2D eigenvalue weighted by molar-refractivity contribution is 6.35. The van der Waals surface area contributed by atoms with Crippen LogP contribution in [-0.4, -0.2) is 24.5 Å². The van der Waals surface area contributed by atoms with Crippen LogP contribution in [0.3, 0.4) is 0 Å². The van der Waals surface area contributed by atoms with Gasteiger partial charge < -0.3 is 10.2 Å². The maximum Gasteiger partial charge on any atom is 0.317 e. The third-order valence-corrected chi connectivity index (χ3v) is 3.89. The quantitative estimate of drug-likeness (QED) is 0.863. The van der Waals surface area contributed by atoms with Crippen molar-refractivity contribution in [1.29, 1.82) is 0 Å². The first-order valence-corrected chi connectivity index (χ1v) is 7.78. The van der Waals surface area contributed by atoms with Gasteiger partial charge in [-0.1, -0.05) is 59.6 Å². The number of benzene rings is 2. The minimum Gasteiger partial charge on any atom is -0.338 e. The molecule has 2 aromatic carbocycles. The Kier molecular flexibility index (Phi) is 6.10. The lowest BCUT2D eigenvalue weighted by atomic mass is 10.1. The molecule has 2 amide bonds. The van der Waals surface area contributed by atoms with Crippen molar-refractivity contribution in [2.75, 3.05) is 13.6 Å². The fraction of sp³-hybridized carbons (Fsp3) is 0.235. The maximum absolute atomic E-state index is 12.1. The van der Waals surface area contributed by atoms with Crippen LogP contribution in [0, 0.1) is 0 Å². The van der Waals surface area contributed by atoms with E-state index in [2.05, 4.69) is 5.32 Å². The topological polar surface area (TPSA) is 32.3 Å². The molecule has 0 unspecified atom stereocenters. The number of urea groups is 1. The zero-order valence-electron chi connectivity index (χ0n) is 12.4. The number of carbonyl (C=O) groups is 1. The normalized spacial score (nSPS) is 10.3. The van der Waals surface area contributed by atoms with Gasteiger partial charge in [0, 0.05) is 30.2 Å². The molecule has 0 aromatic heterocycles. The smallest absolute Gasteiger partial charge is 0.317 e. The number of halogens is 2. The van der Waals surface area contributed by atoms with Crippen molar-refractivity contribution < 1.29 is 4.79 Å². The Hall–Kier alpha value is -1.71. The summed E-state index contributed by atoms with van der Waals surface area (Å²) in [6.07, 6.45) is 0.808. The summed E-state index contributed by atoms with van der Waals surface area (Å²) >= 11 is 12.0. The van der Waals surface area contributed by atoms with Crippen molar-refractivity contribution in [3.05, 3.63) is 69.7 Å². The monoisotopic (exact) mass is 336 g/mol. The highest BCUT2D eigenvalue weighted by Gasteiger charge is 2.10. The number of hydrogen-bond acceptors (Lipinski definition) is 1. The minimum absolute atomic E-state index is 0.123. The van der Waals surface area contributed by atoms with Gasteiger partial charge in [-0.2, -0.15) is 0 Å². The van der Waals surface area contributed by atoms with Gasteiger partial charge in [0.15, 0.2) is 0 Å². The maximum atomic E-state index is 12.1. The van der Waals surface area contributed by atoms with Gasteiger partial charge in [0.05, 0.1) is 0 Å². The van der Waals surface area contributed by atoms with Crippen LogP contribution in [0.2, 0.25) is 10.0 Å². The third kappa shape index (κ3) is 4.93. The molecule has 5 heteroatoms. The van der Waals surface area contributed by atoms with Crippen molar-refractivity contribution in [3.8, 4) is 0 Å². The summed E-state index contributed by atoms with van der Waals surface area (Å²) in [5, 5.41) is 4.05. The van der Waals surface area contributed by atoms with Gasteiger partial charge in [-0.15, -0.1) is 0 Å². The average Bonchev–Trinajstić information content (AvgIpc) is 2.51. The highest BCUT2D eigenvalue weighted by atomic mass is 35.5. The molecule has 22 heavy (non-hydrogen) atoms. The molecule has 0 aliphatic carbocycles. The molecule has 1 N–H and O–H groups in total. The van der Waals surface area contributed by atoms with Gasteiger partial charge in [0.2, 0.25) is 0 Å². The molecule has 0 saturated carbocycles. The Bertz CT molecular complexity index is 632. The van der Waals surface area contributed by atoms with E-state index in [-0.39, 0.29) is 6.03 Å².